The molecule has 0 aliphatic heterocycles. The fourth-order valence-corrected chi connectivity index (χ4v) is 2.54. The van der Waals surface area contributed by atoms with E-state index in [0.717, 1.165) is 19.4 Å². The minimum Gasteiger partial charge on any atom is -0.444 e. The summed E-state index contributed by atoms with van der Waals surface area (Å²) in [4.78, 5) is 11.8. The number of rotatable bonds is 9. The zero-order valence-electron chi connectivity index (χ0n) is 14.9. The average molecular weight is 314 g/mol. The van der Waals surface area contributed by atoms with E-state index in [0.29, 0.717) is 12.5 Å². The first-order chi connectivity index (χ1) is 10.2. The number of aliphatic hydroxyl groups excluding tert-OH is 1. The van der Waals surface area contributed by atoms with Gasteiger partial charge in [-0.05, 0) is 52.4 Å². The van der Waals surface area contributed by atoms with Gasteiger partial charge in [0, 0.05) is 31.2 Å². The van der Waals surface area contributed by atoms with Gasteiger partial charge in [0.2, 0.25) is 0 Å². The molecular formula is C17H34N2O3. The van der Waals surface area contributed by atoms with Crippen molar-refractivity contribution in [1.82, 2.24) is 10.6 Å². The van der Waals surface area contributed by atoms with Gasteiger partial charge >= 0.3 is 6.09 Å². The highest BCUT2D eigenvalue weighted by molar-refractivity contribution is 5.67. The topological polar surface area (TPSA) is 70.6 Å². The first kappa shape index (κ1) is 19.2. The molecule has 1 rings (SSSR count). The van der Waals surface area contributed by atoms with E-state index in [1.807, 2.05) is 20.8 Å². The van der Waals surface area contributed by atoms with Gasteiger partial charge in [0.05, 0.1) is 0 Å². The highest BCUT2D eigenvalue weighted by Gasteiger charge is 2.34. The Morgan fingerprint density at radius 1 is 1.27 bits per heavy atom. The average Bonchev–Trinajstić information content (AvgIpc) is 3.26. The van der Waals surface area contributed by atoms with Crippen LogP contribution >= 0.6 is 0 Å². The van der Waals surface area contributed by atoms with Crippen molar-refractivity contribution < 1.29 is 14.6 Å². The van der Waals surface area contributed by atoms with E-state index >= 15 is 0 Å². The van der Waals surface area contributed by atoms with Gasteiger partial charge in [-0.1, -0.05) is 13.8 Å². The summed E-state index contributed by atoms with van der Waals surface area (Å²) in [6.07, 6.45) is 3.95. The van der Waals surface area contributed by atoms with Gasteiger partial charge in [-0.3, -0.25) is 0 Å². The van der Waals surface area contributed by atoms with Gasteiger partial charge in [0.1, 0.15) is 5.60 Å². The van der Waals surface area contributed by atoms with Crippen LogP contribution in [-0.2, 0) is 4.74 Å². The zero-order chi connectivity index (χ0) is 16.8. The molecule has 0 radical (unpaired) electrons. The van der Waals surface area contributed by atoms with Gasteiger partial charge in [-0.25, -0.2) is 4.79 Å². The molecule has 0 aromatic carbocycles. The third-order valence-corrected chi connectivity index (χ3v) is 4.63. The largest absolute Gasteiger partial charge is 0.444 e. The number of carbonyl (C=O) groups excluding carboxylic acids is 1. The quantitative estimate of drug-likeness (QED) is 0.612. The van der Waals surface area contributed by atoms with Gasteiger partial charge in [-0.2, -0.15) is 0 Å². The Balaban J connectivity index is 2.44. The second kappa shape index (κ2) is 8.16. The van der Waals surface area contributed by atoms with Crippen LogP contribution in [-0.4, -0.2) is 42.5 Å². The van der Waals surface area contributed by atoms with Crippen molar-refractivity contribution in [3.8, 4) is 0 Å². The van der Waals surface area contributed by atoms with E-state index in [1.165, 1.54) is 12.8 Å². The first-order valence-electron chi connectivity index (χ1n) is 8.56. The van der Waals surface area contributed by atoms with E-state index in [-0.39, 0.29) is 24.2 Å². The minimum atomic E-state index is -0.469. The smallest absolute Gasteiger partial charge is 0.407 e. The molecule has 5 nitrogen and oxygen atoms in total. The summed E-state index contributed by atoms with van der Waals surface area (Å²) in [6.45, 7) is 11.4. The minimum absolute atomic E-state index is 0.0565. The lowest BCUT2D eigenvalue weighted by atomic mass is 9.83. The zero-order valence-corrected chi connectivity index (χ0v) is 14.9. The van der Waals surface area contributed by atoms with E-state index in [4.69, 9.17) is 4.74 Å². The van der Waals surface area contributed by atoms with E-state index < -0.39 is 5.60 Å². The van der Waals surface area contributed by atoms with Crippen molar-refractivity contribution in [3.63, 3.8) is 0 Å². The van der Waals surface area contributed by atoms with E-state index in [2.05, 4.69) is 24.5 Å². The number of amides is 1. The predicted octanol–water partition coefficient (Wildman–Crippen LogP) is 2.68. The SMILES string of the molecule is CCC(CC)(CO)CNC(CNC(=O)OC(C)(C)C)C1CC1. The van der Waals surface area contributed by atoms with Crippen LogP contribution in [0.5, 0.6) is 0 Å². The monoisotopic (exact) mass is 314 g/mol. The number of nitrogens with one attached hydrogen (secondary N) is 2. The summed E-state index contributed by atoms with van der Waals surface area (Å²) in [5.74, 6) is 0.625. The Bertz CT molecular complexity index is 336. The molecule has 1 atom stereocenters. The molecule has 22 heavy (non-hydrogen) atoms. The molecule has 0 spiro atoms. The number of ether oxygens (including phenoxy) is 1. The molecule has 1 aliphatic rings. The number of aliphatic hydroxyl groups is 1. The lowest BCUT2D eigenvalue weighted by Crippen LogP contribution is -2.48. The summed E-state index contributed by atoms with van der Waals surface area (Å²) in [6, 6.07) is 0.261. The third-order valence-electron chi connectivity index (χ3n) is 4.63. The Morgan fingerprint density at radius 2 is 1.86 bits per heavy atom. The van der Waals surface area contributed by atoms with Crippen molar-refractivity contribution in [1.29, 1.82) is 0 Å². The van der Waals surface area contributed by atoms with Crippen molar-refractivity contribution in [2.45, 2.75) is 71.9 Å². The molecule has 1 amide bonds. The molecule has 0 heterocycles. The highest BCUT2D eigenvalue weighted by Crippen LogP contribution is 2.33. The standard InChI is InChI=1S/C17H34N2O3/c1-6-17(7-2,12-20)11-19-14(13-8-9-13)10-18-15(21)22-16(3,4)5/h13-14,19-20H,6-12H2,1-5H3,(H,18,21). The summed E-state index contributed by atoms with van der Waals surface area (Å²) in [7, 11) is 0. The molecular weight excluding hydrogens is 280 g/mol. The maximum absolute atomic E-state index is 11.8. The van der Waals surface area contributed by atoms with Crippen LogP contribution in [0.2, 0.25) is 0 Å². The second-order valence-electron chi connectivity index (χ2n) is 7.57. The summed E-state index contributed by atoms with van der Waals surface area (Å²) in [5, 5.41) is 16.1. The molecule has 3 N–H and O–H groups in total. The first-order valence-corrected chi connectivity index (χ1v) is 8.56. The molecule has 1 fully saturated rings. The highest BCUT2D eigenvalue weighted by atomic mass is 16.6. The van der Waals surface area contributed by atoms with Crippen LogP contribution < -0.4 is 10.6 Å². The Hall–Kier alpha value is -0.810. The lowest BCUT2D eigenvalue weighted by Gasteiger charge is -2.32. The maximum Gasteiger partial charge on any atom is 0.407 e. The van der Waals surface area contributed by atoms with Crippen LogP contribution in [0.4, 0.5) is 4.79 Å². The van der Waals surface area contributed by atoms with Crippen LogP contribution in [0, 0.1) is 11.3 Å². The molecule has 1 aliphatic carbocycles. The fraction of sp³-hybridized carbons (Fsp3) is 0.941. The molecule has 1 saturated carbocycles. The Morgan fingerprint density at radius 3 is 2.27 bits per heavy atom. The Labute approximate surface area is 135 Å². The van der Waals surface area contributed by atoms with E-state index in [9.17, 15) is 9.90 Å². The van der Waals surface area contributed by atoms with Crippen LogP contribution in [0.3, 0.4) is 0 Å². The molecule has 0 aromatic heterocycles. The van der Waals surface area contributed by atoms with E-state index in [1.54, 1.807) is 0 Å². The number of hydrogen-bond acceptors (Lipinski definition) is 4. The summed E-state index contributed by atoms with van der Waals surface area (Å²) < 4.78 is 5.28. The molecule has 5 heteroatoms. The lowest BCUT2D eigenvalue weighted by molar-refractivity contribution is 0.0517. The molecule has 0 aromatic rings. The fourth-order valence-electron chi connectivity index (χ4n) is 2.54. The van der Waals surface area contributed by atoms with Crippen molar-refractivity contribution in [3.05, 3.63) is 0 Å². The van der Waals surface area contributed by atoms with Crippen molar-refractivity contribution >= 4 is 6.09 Å². The third kappa shape index (κ3) is 6.53. The molecule has 1 unspecified atom stereocenters. The van der Waals surface area contributed by atoms with Gasteiger partial charge in [0.25, 0.3) is 0 Å². The van der Waals surface area contributed by atoms with Crippen LogP contribution in [0.1, 0.15) is 60.3 Å². The predicted molar refractivity (Wildman–Crippen MR) is 88.9 cm³/mol. The second-order valence-corrected chi connectivity index (χ2v) is 7.57. The maximum atomic E-state index is 11.8. The molecule has 0 saturated heterocycles. The van der Waals surface area contributed by atoms with Gasteiger partial charge < -0.3 is 20.5 Å². The summed E-state index contributed by atoms with van der Waals surface area (Å²) in [5.41, 5.74) is -0.526. The summed E-state index contributed by atoms with van der Waals surface area (Å²) >= 11 is 0. The normalized spacial score (nSPS) is 17.2. The van der Waals surface area contributed by atoms with Gasteiger partial charge in [0.15, 0.2) is 0 Å². The number of alkyl carbamates (subject to hydrolysis) is 1. The van der Waals surface area contributed by atoms with Crippen LogP contribution in [0.15, 0.2) is 0 Å². The Kier molecular flexibility index (Phi) is 7.13. The number of hydrogen-bond donors (Lipinski definition) is 3. The van der Waals surface area contributed by atoms with Crippen molar-refractivity contribution in [2.75, 3.05) is 19.7 Å². The van der Waals surface area contributed by atoms with Crippen LogP contribution in [0.25, 0.3) is 0 Å². The molecule has 0 bridgehead atoms. The number of carbonyl (C=O) groups is 1. The van der Waals surface area contributed by atoms with Gasteiger partial charge in [-0.15, -0.1) is 0 Å². The van der Waals surface area contributed by atoms with Crippen molar-refractivity contribution in [2.24, 2.45) is 11.3 Å². The molecule has 130 valence electrons.